The average Bonchev–Trinajstić information content (AvgIpc) is 2.80. The van der Waals surface area contributed by atoms with Crippen LogP contribution in [0.25, 0.3) is 0 Å². The van der Waals surface area contributed by atoms with Gasteiger partial charge in [0.2, 0.25) is 5.88 Å². The molecule has 2 aromatic heterocycles. The molecule has 2 aliphatic heterocycles. The first-order valence-electron chi connectivity index (χ1n) is 10.5. The summed E-state index contributed by atoms with van der Waals surface area (Å²) >= 11 is 0. The maximum absolute atomic E-state index is 12.8. The lowest BCUT2D eigenvalue weighted by Crippen LogP contribution is -2.49. The molecule has 2 aromatic rings. The number of morpholine rings is 1. The molecule has 4 rings (SSSR count). The number of hydrogen-bond acceptors (Lipinski definition) is 8. The number of aromatic nitrogens is 3. The van der Waals surface area contributed by atoms with Gasteiger partial charge in [0.25, 0.3) is 5.91 Å². The van der Waals surface area contributed by atoms with Crippen molar-refractivity contribution in [2.24, 2.45) is 0 Å². The van der Waals surface area contributed by atoms with Crippen molar-refractivity contribution >= 4 is 17.5 Å². The molecule has 160 valence electrons. The standard InChI is InChI=1S/C21H28N6O3/c1-3-30-20-5-4-17(15-22-20)21(28)27-8-6-25(7-9-27)18-14-19(24-16(2)23-18)26-10-12-29-13-11-26/h4-5,14-15H,3,6-13H2,1-2H3. The van der Waals surface area contributed by atoms with Crippen molar-refractivity contribution < 1.29 is 14.3 Å². The first-order valence-corrected chi connectivity index (χ1v) is 10.5. The number of aryl methyl sites for hydroxylation is 1. The van der Waals surface area contributed by atoms with Crippen molar-refractivity contribution in [1.29, 1.82) is 0 Å². The van der Waals surface area contributed by atoms with Crippen LogP contribution in [-0.4, -0.2) is 84.8 Å². The molecule has 0 bridgehead atoms. The molecule has 9 nitrogen and oxygen atoms in total. The Morgan fingerprint density at radius 1 is 1.03 bits per heavy atom. The van der Waals surface area contributed by atoms with Crippen molar-refractivity contribution in [3.8, 4) is 5.88 Å². The summed E-state index contributed by atoms with van der Waals surface area (Å²) in [5, 5.41) is 0. The highest BCUT2D eigenvalue weighted by atomic mass is 16.5. The zero-order chi connectivity index (χ0) is 20.9. The third-order valence-corrected chi connectivity index (χ3v) is 5.31. The van der Waals surface area contributed by atoms with E-state index in [4.69, 9.17) is 9.47 Å². The molecule has 2 saturated heterocycles. The van der Waals surface area contributed by atoms with E-state index in [0.29, 0.717) is 31.1 Å². The molecule has 0 aliphatic carbocycles. The Bertz CT molecular complexity index is 862. The lowest BCUT2D eigenvalue weighted by Gasteiger charge is -2.36. The molecule has 0 aromatic carbocycles. The maximum Gasteiger partial charge on any atom is 0.255 e. The third kappa shape index (κ3) is 4.62. The molecule has 2 fully saturated rings. The van der Waals surface area contributed by atoms with Crippen molar-refractivity contribution in [1.82, 2.24) is 19.9 Å². The maximum atomic E-state index is 12.8. The second-order valence-corrected chi connectivity index (χ2v) is 7.33. The molecular weight excluding hydrogens is 384 g/mol. The highest BCUT2D eigenvalue weighted by molar-refractivity contribution is 5.94. The van der Waals surface area contributed by atoms with Crippen LogP contribution < -0.4 is 14.5 Å². The van der Waals surface area contributed by atoms with Gasteiger partial charge in [-0.25, -0.2) is 15.0 Å². The van der Waals surface area contributed by atoms with E-state index in [0.717, 1.165) is 56.9 Å². The van der Waals surface area contributed by atoms with Gasteiger partial charge in [0, 0.05) is 57.6 Å². The second kappa shape index (κ2) is 9.25. The van der Waals surface area contributed by atoms with Gasteiger partial charge in [0.1, 0.15) is 17.5 Å². The Labute approximate surface area is 176 Å². The predicted molar refractivity (Wildman–Crippen MR) is 113 cm³/mol. The van der Waals surface area contributed by atoms with Crippen molar-refractivity contribution in [2.45, 2.75) is 13.8 Å². The number of ether oxygens (including phenoxy) is 2. The van der Waals surface area contributed by atoms with Gasteiger partial charge in [-0.2, -0.15) is 0 Å². The summed E-state index contributed by atoms with van der Waals surface area (Å²) in [6, 6.07) is 5.56. The molecule has 9 heteroatoms. The van der Waals surface area contributed by atoms with Crippen LogP contribution in [0.3, 0.4) is 0 Å². The Morgan fingerprint density at radius 3 is 2.30 bits per heavy atom. The molecule has 0 N–H and O–H groups in total. The minimum Gasteiger partial charge on any atom is -0.478 e. The molecule has 0 atom stereocenters. The van der Waals surface area contributed by atoms with Crippen LogP contribution in [0.15, 0.2) is 24.4 Å². The van der Waals surface area contributed by atoms with Gasteiger partial charge in [0.15, 0.2) is 0 Å². The van der Waals surface area contributed by atoms with Crippen LogP contribution in [-0.2, 0) is 4.74 Å². The van der Waals surface area contributed by atoms with E-state index in [1.165, 1.54) is 0 Å². The molecule has 4 heterocycles. The number of piperazine rings is 1. The zero-order valence-corrected chi connectivity index (χ0v) is 17.6. The summed E-state index contributed by atoms with van der Waals surface area (Å²) in [7, 11) is 0. The minimum absolute atomic E-state index is 0.00178. The molecule has 30 heavy (non-hydrogen) atoms. The van der Waals surface area contributed by atoms with E-state index in [2.05, 4.69) is 24.8 Å². The SMILES string of the molecule is CCOc1ccc(C(=O)N2CCN(c3cc(N4CCOCC4)nc(C)n3)CC2)cn1. The smallest absolute Gasteiger partial charge is 0.255 e. The van der Waals surface area contributed by atoms with Crippen molar-refractivity contribution in [3.05, 3.63) is 35.8 Å². The van der Waals surface area contributed by atoms with Crippen LogP contribution in [0.1, 0.15) is 23.1 Å². The molecular formula is C21H28N6O3. The molecule has 2 aliphatic rings. The van der Waals surface area contributed by atoms with Crippen LogP contribution in [0.5, 0.6) is 5.88 Å². The van der Waals surface area contributed by atoms with Crippen LogP contribution in [0.4, 0.5) is 11.6 Å². The Balaban J connectivity index is 1.39. The average molecular weight is 412 g/mol. The van der Waals surface area contributed by atoms with Gasteiger partial charge in [-0.1, -0.05) is 0 Å². The largest absolute Gasteiger partial charge is 0.478 e. The summed E-state index contributed by atoms with van der Waals surface area (Å²) in [5.74, 6) is 3.15. The van der Waals surface area contributed by atoms with Crippen LogP contribution in [0.2, 0.25) is 0 Å². The van der Waals surface area contributed by atoms with Crippen LogP contribution in [0, 0.1) is 6.92 Å². The lowest BCUT2D eigenvalue weighted by atomic mass is 10.2. The molecule has 1 amide bonds. The number of amides is 1. The molecule has 0 saturated carbocycles. The van der Waals surface area contributed by atoms with Gasteiger partial charge in [-0.05, 0) is 19.9 Å². The minimum atomic E-state index is -0.00178. The number of pyridine rings is 1. The van der Waals surface area contributed by atoms with Crippen LogP contribution >= 0.6 is 0 Å². The number of carbonyl (C=O) groups is 1. The Hall–Kier alpha value is -2.94. The first-order chi connectivity index (χ1) is 14.6. The van der Waals surface area contributed by atoms with E-state index in [9.17, 15) is 4.79 Å². The second-order valence-electron chi connectivity index (χ2n) is 7.33. The summed E-state index contributed by atoms with van der Waals surface area (Å²) in [4.78, 5) is 32.6. The fourth-order valence-electron chi connectivity index (χ4n) is 3.71. The number of anilines is 2. The molecule has 0 radical (unpaired) electrons. The van der Waals surface area contributed by atoms with E-state index >= 15 is 0 Å². The van der Waals surface area contributed by atoms with Gasteiger partial charge in [-0.15, -0.1) is 0 Å². The fraction of sp³-hybridized carbons (Fsp3) is 0.524. The van der Waals surface area contributed by atoms with E-state index < -0.39 is 0 Å². The summed E-state index contributed by atoms with van der Waals surface area (Å²) in [6.07, 6.45) is 1.59. The normalized spacial score (nSPS) is 17.2. The number of carbonyl (C=O) groups excluding carboxylic acids is 1. The summed E-state index contributed by atoms with van der Waals surface area (Å²) in [6.45, 7) is 10.3. The fourth-order valence-corrected chi connectivity index (χ4v) is 3.71. The van der Waals surface area contributed by atoms with E-state index in [-0.39, 0.29) is 5.91 Å². The zero-order valence-electron chi connectivity index (χ0n) is 17.6. The topological polar surface area (TPSA) is 83.9 Å². The highest BCUT2D eigenvalue weighted by Crippen LogP contribution is 2.22. The lowest BCUT2D eigenvalue weighted by molar-refractivity contribution is 0.0746. The van der Waals surface area contributed by atoms with Gasteiger partial charge in [-0.3, -0.25) is 4.79 Å². The third-order valence-electron chi connectivity index (χ3n) is 5.31. The van der Waals surface area contributed by atoms with Crippen molar-refractivity contribution in [3.63, 3.8) is 0 Å². The van der Waals surface area contributed by atoms with Gasteiger partial charge in [0.05, 0.1) is 25.4 Å². The molecule has 0 spiro atoms. The number of nitrogens with zero attached hydrogens (tertiary/aromatic N) is 6. The summed E-state index contributed by atoms with van der Waals surface area (Å²) in [5.41, 5.74) is 0.583. The van der Waals surface area contributed by atoms with Gasteiger partial charge < -0.3 is 24.2 Å². The van der Waals surface area contributed by atoms with E-state index in [1.807, 2.05) is 24.8 Å². The summed E-state index contributed by atoms with van der Waals surface area (Å²) < 4.78 is 10.8. The highest BCUT2D eigenvalue weighted by Gasteiger charge is 2.24. The Kier molecular flexibility index (Phi) is 6.27. The number of hydrogen-bond donors (Lipinski definition) is 0. The van der Waals surface area contributed by atoms with Gasteiger partial charge >= 0.3 is 0 Å². The monoisotopic (exact) mass is 412 g/mol. The van der Waals surface area contributed by atoms with E-state index in [1.54, 1.807) is 18.3 Å². The quantitative estimate of drug-likeness (QED) is 0.728. The molecule has 0 unspecified atom stereocenters. The van der Waals surface area contributed by atoms with Crippen molar-refractivity contribution in [2.75, 3.05) is 68.9 Å². The predicted octanol–water partition coefficient (Wildman–Crippen LogP) is 1.38. The first kappa shape index (κ1) is 20.3. The number of rotatable bonds is 5. The Morgan fingerprint density at radius 2 is 1.70 bits per heavy atom.